The first kappa shape index (κ1) is 10.8. The monoisotopic (exact) mass is 222 g/mol. The van der Waals surface area contributed by atoms with Crippen LogP contribution in [0.2, 0.25) is 0 Å². The highest BCUT2D eigenvalue weighted by molar-refractivity contribution is 5.20. The quantitative estimate of drug-likeness (QED) is 0.586. The first-order valence-corrected chi connectivity index (χ1v) is 6.49. The fourth-order valence-corrected chi connectivity index (χ4v) is 3.91. The Hall–Kier alpha value is -0.340. The van der Waals surface area contributed by atoms with Gasteiger partial charge in [-0.15, -0.1) is 0 Å². The zero-order valence-electron chi connectivity index (χ0n) is 10.6. The van der Waals surface area contributed by atoms with E-state index in [2.05, 4.69) is 19.1 Å². The highest BCUT2D eigenvalue weighted by Gasteiger charge is 2.62. The minimum Gasteiger partial charge on any atom is -0.347 e. The van der Waals surface area contributed by atoms with E-state index in [1.165, 1.54) is 19.3 Å². The van der Waals surface area contributed by atoms with Crippen molar-refractivity contribution in [3.05, 3.63) is 12.2 Å². The lowest BCUT2D eigenvalue weighted by Gasteiger charge is -2.43. The standard InChI is InChI=1S/C14H22O2/c1-12(2)15-10-14(16-12)9-7-11-6-4-5-8-13(11,14)3/h5,8,11H,4,6-7,9-10H2,1-3H3/t11-,13-,14+/m0/s1. The number of rotatable bonds is 0. The molecule has 0 bridgehead atoms. The van der Waals surface area contributed by atoms with Crippen molar-refractivity contribution in [2.24, 2.45) is 11.3 Å². The smallest absolute Gasteiger partial charge is 0.163 e. The Balaban J connectivity index is 1.97. The zero-order valence-corrected chi connectivity index (χ0v) is 10.6. The summed E-state index contributed by atoms with van der Waals surface area (Å²) in [7, 11) is 0. The molecule has 2 aliphatic carbocycles. The van der Waals surface area contributed by atoms with Crippen LogP contribution in [0.1, 0.15) is 46.5 Å². The molecule has 0 amide bonds. The lowest BCUT2D eigenvalue weighted by atomic mass is 9.67. The molecular formula is C14H22O2. The van der Waals surface area contributed by atoms with Gasteiger partial charge in [-0.2, -0.15) is 0 Å². The van der Waals surface area contributed by atoms with Crippen LogP contribution in [0.25, 0.3) is 0 Å². The SMILES string of the molecule is CC1(C)OC[C@@]2(CC[C@@H]3CCC=C[C@@]32C)O1. The van der Waals surface area contributed by atoms with Crippen molar-refractivity contribution >= 4 is 0 Å². The van der Waals surface area contributed by atoms with Crippen molar-refractivity contribution in [3.8, 4) is 0 Å². The maximum Gasteiger partial charge on any atom is 0.163 e. The normalized spacial score (nSPS) is 49.8. The summed E-state index contributed by atoms with van der Waals surface area (Å²) in [5.41, 5.74) is 0.136. The molecule has 2 fully saturated rings. The van der Waals surface area contributed by atoms with E-state index >= 15 is 0 Å². The van der Waals surface area contributed by atoms with Crippen LogP contribution in [0.15, 0.2) is 12.2 Å². The summed E-state index contributed by atoms with van der Waals surface area (Å²) in [6, 6.07) is 0. The maximum atomic E-state index is 6.30. The molecule has 0 N–H and O–H groups in total. The number of hydrogen-bond donors (Lipinski definition) is 0. The number of hydrogen-bond acceptors (Lipinski definition) is 2. The third kappa shape index (κ3) is 1.26. The Morgan fingerprint density at radius 3 is 2.69 bits per heavy atom. The Labute approximate surface area is 98.0 Å². The number of allylic oxidation sites excluding steroid dienone is 1. The van der Waals surface area contributed by atoms with Crippen LogP contribution in [-0.4, -0.2) is 18.0 Å². The molecule has 0 aromatic carbocycles. The fraction of sp³-hybridized carbons (Fsp3) is 0.857. The molecular weight excluding hydrogens is 200 g/mol. The third-order valence-corrected chi connectivity index (χ3v) is 4.97. The molecule has 1 spiro atoms. The first-order chi connectivity index (χ1) is 7.48. The minimum atomic E-state index is -0.400. The second kappa shape index (κ2) is 3.11. The summed E-state index contributed by atoms with van der Waals surface area (Å²) in [5.74, 6) is 0.387. The summed E-state index contributed by atoms with van der Waals surface area (Å²) in [6.07, 6.45) is 9.73. The molecule has 1 aliphatic heterocycles. The van der Waals surface area contributed by atoms with Crippen molar-refractivity contribution in [2.45, 2.75) is 57.8 Å². The van der Waals surface area contributed by atoms with Crippen molar-refractivity contribution in [1.29, 1.82) is 0 Å². The molecule has 1 heterocycles. The van der Waals surface area contributed by atoms with Crippen molar-refractivity contribution < 1.29 is 9.47 Å². The van der Waals surface area contributed by atoms with E-state index in [-0.39, 0.29) is 11.0 Å². The predicted molar refractivity (Wildman–Crippen MR) is 63.1 cm³/mol. The highest BCUT2D eigenvalue weighted by atomic mass is 16.8. The summed E-state index contributed by atoms with van der Waals surface area (Å²) in [6.45, 7) is 7.19. The lowest BCUT2D eigenvalue weighted by Crippen LogP contribution is -2.47. The van der Waals surface area contributed by atoms with Gasteiger partial charge in [-0.1, -0.05) is 19.1 Å². The van der Waals surface area contributed by atoms with Gasteiger partial charge in [-0.25, -0.2) is 0 Å². The van der Waals surface area contributed by atoms with E-state index in [9.17, 15) is 0 Å². The Morgan fingerprint density at radius 2 is 2.00 bits per heavy atom. The molecule has 3 rings (SSSR count). The summed E-state index contributed by atoms with van der Waals surface area (Å²) in [5, 5.41) is 0. The molecule has 1 saturated heterocycles. The molecule has 2 heteroatoms. The van der Waals surface area contributed by atoms with Gasteiger partial charge in [0, 0.05) is 5.41 Å². The largest absolute Gasteiger partial charge is 0.347 e. The number of ether oxygens (including phenoxy) is 2. The minimum absolute atomic E-state index is 0.0575. The van der Waals surface area contributed by atoms with Crippen LogP contribution in [0, 0.1) is 11.3 Å². The van der Waals surface area contributed by atoms with Gasteiger partial charge in [0.2, 0.25) is 0 Å². The topological polar surface area (TPSA) is 18.5 Å². The summed E-state index contributed by atoms with van der Waals surface area (Å²) in [4.78, 5) is 0. The average molecular weight is 222 g/mol. The van der Waals surface area contributed by atoms with Crippen molar-refractivity contribution in [3.63, 3.8) is 0 Å². The molecule has 3 atom stereocenters. The van der Waals surface area contributed by atoms with Crippen LogP contribution in [0.4, 0.5) is 0 Å². The predicted octanol–water partition coefficient (Wildman–Crippen LogP) is 3.27. The highest BCUT2D eigenvalue weighted by Crippen LogP contribution is 2.59. The maximum absolute atomic E-state index is 6.30. The van der Waals surface area contributed by atoms with Gasteiger partial charge in [0.25, 0.3) is 0 Å². The van der Waals surface area contributed by atoms with Crippen LogP contribution in [0.3, 0.4) is 0 Å². The zero-order chi connectivity index (χ0) is 11.4. The van der Waals surface area contributed by atoms with Gasteiger partial charge in [0.15, 0.2) is 5.79 Å². The molecule has 16 heavy (non-hydrogen) atoms. The molecule has 3 aliphatic rings. The third-order valence-electron chi connectivity index (χ3n) is 4.97. The van der Waals surface area contributed by atoms with E-state index in [1.54, 1.807) is 0 Å². The lowest BCUT2D eigenvalue weighted by molar-refractivity contribution is -0.179. The molecule has 2 nitrogen and oxygen atoms in total. The van der Waals surface area contributed by atoms with Crippen LogP contribution in [0.5, 0.6) is 0 Å². The second-order valence-electron chi connectivity index (χ2n) is 6.28. The molecule has 0 unspecified atom stereocenters. The average Bonchev–Trinajstić information content (AvgIpc) is 2.68. The van der Waals surface area contributed by atoms with E-state index in [0.717, 1.165) is 18.9 Å². The second-order valence-corrected chi connectivity index (χ2v) is 6.28. The van der Waals surface area contributed by atoms with Crippen LogP contribution in [-0.2, 0) is 9.47 Å². The van der Waals surface area contributed by atoms with Crippen LogP contribution < -0.4 is 0 Å². The first-order valence-electron chi connectivity index (χ1n) is 6.49. The number of fused-ring (bicyclic) bond motifs is 2. The molecule has 1 saturated carbocycles. The van der Waals surface area contributed by atoms with Gasteiger partial charge >= 0.3 is 0 Å². The van der Waals surface area contributed by atoms with Gasteiger partial charge in [0.05, 0.1) is 6.61 Å². The van der Waals surface area contributed by atoms with E-state index in [4.69, 9.17) is 9.47 Å². The van der Waals surface area contributed by atoms with Crippen LogP contribution >= 0.6 is 0 Å². The Bertz CT molecular complexity index is 334. The molecule has 0 aromatic rings. The van der Waals surface area contributed by atoms with E-state index in [0.29, 0.717) is 0 Å². The fourth-order valence-electron chi connectivity index (χ4n) is 3.91. The molecule has 0 radical (unpaired) electrons. The van der Waals surface area contributed by atoms with Gasteiger partial charge in [0.1, 0.15) is 5.60 Å². The van der Waals surface area contributed by atoms with E-state index in [1.807, 2.05) is 13.8 Å². The Kier molecular flexibility index (Phi) is 2.10. The summed E-state index contributed by atoms with van der Waals surface area (Å²) < 4.78 is 12.1. The van der Waals surface area contributed by atoms with Gasteiger partial charge in [-0.05, 0) is 45.4 Å². The van der Waals surface area contributed by atoms with E-state index < -0.39 is 5.79 Å². The molecule has 90 valence electrons. The van der Waals surface area contributed by atoms with Crippen molar-refractivity contribution in [2.75, 3.05) is 6.61 Å². The summed E-state index contributed by atoms with van der Waals surface area (Å²) >= 11 is 0. The van der Waals surface area contributed by atoms with Crippen molar-refractivity contribution in [1.82, 2.24) is 0 Å². The Morgan fingerprint density at radius 1 is 1.19 bits per heavy atom. The van der Waals surface area contributed by atoms with Gasteiger partial charge in [-0.3, -0.25) is 0 Å². The van der Waals surface area contributed by atoms with Gasteiger partial charge < -0.3 is 9.47 Å². The molecule has 0 aromatic heterocycles.